The molecule has 0 aliphatic carbocycles. The number of ether oxygens (including phenoxy) is 2. The van der Waals surface area contributed by atoms with E-state index >= 15 is 0 Å². The van der Waals surface area contributed by atoms with Crippen molar-refractivity contribution in [3.8, 4) is 11.5 Å². The van der Waals surface area contributed by atoms with E-state index in [1.54, 1.807) is 19.1 Å². The van der Waals surface area contributed by atoms with Crippen LogP contribution in [0.3, 0.4) is 0 Å². The number of aryl methyl sites for hydroxylation is 1. The van der Waals surface area contributed by atoms with Gasteiger partial charge in [0.25, 0.3) is 0 Å². The minimum atomic E-state index is -3.54. The number of fused-ring (bicyclic) bond motifs is 1. The number of methoxy groups -OCH3 is 2. The molecule has 4 rings (SSSR count). The molecule has 1 amide bonds. The summed E-state index contributed by atoms with van der Waals surface area (Å²) < 4.78 is 36.7. The monoisotopic (exact) mass is 493 g/mol. The first-order valence-electron chi connectivity index (χ1n) is 11.8. The second-order valence-corrected chi connectivity index (χ2v) is 10.9. The SMILES string of the molecule is COc1cc2c(cc1OC)C(c1ccccc1)N(C(=O)CS(=O)(=O)CCCc1ccccc1)CC2. The molecule has 0 aromatic heterocycles. The lowest BCUT2D eigenvalue weighted by molar-refractivity contribution is -0.130. The highest BCUT2D eigenvalue weighted by Gasteiger charge is 2.34. The summed E-state index contributed by atoms with van der Waals surface area (Å²) in [5.41, 5.74) is 4.01. The number of hydrogen-bond donors (Lipinski definition) is 0. The molecular formula is C28H31NO5S. The van der Waals surface area contributed by atoms with Crippen molar-refractivity contribution in [2.24, 2.45) is 0 Å². The van der Waals surface area contributed by atoms with Crippen LogP contribution in [-0.2, 0) is 27.5 Å². The topological polar surface area (TPSA) is 72.9 Å². The Balaban J connectivity index is 1.56. The minimum Gasteiger partial charge on any atom is -0.493 e. The van der Waals surface area contributed by atoms with E-state index in [4.69, 9.17) is 9.47 Å². The fraction of sp³-hybridized carbons (Fsp3) is 0.321. The molecule has 3 aromatic carbocycles. The molecule has 1 unspecified atom stereocenters. The van der Waals surface area contributed by atoms with Gasteiger partial charge >= 0.3 is 0 Å². The lowest BCUT2D eigenvalue weighted by Crippen LogP contribution is -2.43. The first kappa shape index (κ1) is 24.8. The van der Waals surface area contributed by atoms with Crippen molar-refractivity contribution in [1.29, 1.82) is 0 Å². The van der Waals surface area contributed by atoms with Crippen LogP contribution in [0, 0.1) is 0 Å². The third kappa shape index (κ3) is 5.85. The van der Waals surface area contributed by atoms with Gasteiger partial charge in [0.1, 0.15) is 5.75 Å². The number of hydrogen-bond acceptors (Lipinski definition) is 5. The summed E-state index contributed by atoms with van der Waals surface area (Å²) in [6, 6.07) is 22.9. The Morgan fingerprint density at radius 3 is 2.23 bits per heavy atom. The Kier molecular flexibility index (Phi) is 7.76. The normalized spacial score (nSPS) is 15.4. The summed E-state index contributed by atoms with van der Waals surface area (Å²) in [6.45, 7) is 0.431. The molecule has 3 aromatic rings. The molecule has 7 heteroatoms. The van der Waals surface area contributed by atoms with Gasteiger partial charge in [0.15, 0.2) is 21.3 Å². The Bertz CT molecular complexity index is 1260. The van der Waals surface area contributed by atoms with Crippen molar-refractivity contribution in [3.63, 3.8) is 0 Å². The van der Waals surface area contributed by atoms with E-state index in [0.717, 1.165) is 22.3 Å². The van der Waals surface area contributed by atoms with Crippen LogP contribution in [-0.4, -0.2) is 51.5 Å². The number of nitrogens with zero attached hydrogens (tertiary/aromatic N) is 1. The Morgan fingerprint density at radius 2 is 1.57 bits per heavy atom. The van der Waals surface area contributed by atoms with Gasteiger partial charge in [0.2, 0.25) is 5.91 Å². The van der Waals surface area contributed by atoms with E-state index in [0.29, 0.717) is 37.3 Å². The van der Waals surface area contributed by atoms with E-state index in [1.165, 1.54) is 0 Å². The van der Waals surface area contributed by atoms with E-state index in [-0.39, 0.29) is 11.7 Å². The van der Waals surface area contributed by atoms with Gasteiger partial charge in [-0.2, -0.15) is 0 Å². The molecule has 0 spiro atoms. The van der Waals surface area contributed by atoms with Crippen LogP contribution in [0.25, 0.3) is 0 Å². The molecular weight excluding hydrogens is 462 g/mol. The van der Waals surface area contributed by atoms with Crippen molar-refractivity contribution >= 4 is 15.7 Å². The predicted molar refractivity (Wildman–Crippen MR) is 137 cm³/mol. The summed E-state index contributed by atoms with van der Waals surface area (Å²) in [5, 5.41) is 0. The maximum absolute atomic E-state index is 13.4. The van der Waals surface area contributed by atoms with E-state index < -0.39 is 21.6 Å². The van der Waals surface area contributed by atoms with Gasteiger partial charge in [-0.1, -0.05) is 60.7 Å². The Hall–Kier alpha value is -3.32. The fourth-order valence-corrected chi connectivity index (χ4v) is 5.96. The molecule has 1 aliphatic heterocycles. The molecule has 1 heterocycles. The lowest BCUT2D eigenvalue weighted by atomic mass is 9.87. The molecule has 0 saturated heterocycles. The smallest absolute Gasteiger partial charge is 0.238 e. The molecule has 0 N–H and O–H groups in total. The van der Waals surface area contributed by atoms with Crippen LogP contribution in [0.2, 0.25) is 0 Å². The molecule has 35 heavy (non-hydrogen) atoms. The quantitative estimate of drug-likeness (QED) is 0.446. The number of benzene rings is 3. The van der Waals surface area contributed by atoms with Crippen LogP contribution in [0.1, 0.15) is 34.7 Å². The summed E-state index contributed by atoms with van der Waals surface area (Å²) in [7, 11) is -0.366. The van der Waals surface area contributed by atoms with Gasteiger partial charge < -0.3 is 14.4 Å². The van der Waals surface area contributed by atoms with E-state index in [9.17, 15) is 13.2 Å². The highest BCUT2D eigenvalue weighted by atomic mass is 32.2. The van der Waals surface area contributed by atoms with E-state index in [1.807, 2.05) is 72.8 Å². The molecule has 0 radical (unpaired) electrons. The Labute approximate surface area is 207 Å². The second-order valence-electron chi connectivity index (χ2n) is 8.74. The number of carbonyl (C=O) groups is 1. The largest absolute Gasteiger partial charge is 0.493 e. The maximum atomic E-state index is 13.4. The van der Waals surface area contributed by atoms with Gasteiger partial charge in [-0.3, -0.25) is 4.79 Å². The number of carbonyl (C=O) groups excluding carboxylic acids is 1. The summed E-state index contributed by atoms with van der Waals surface area (Å²) in [5.74, 6) is 0.333. The number of sulfone groups is 1. The molecule has 0 fully saturated rings. The Morgan fingerprint density at radius 1 is 0.943 bits per heavy atom. The van der Waals surface area contributed by atoms with Gasteiger partial charge in [-0.05, 0) is 53.6 Å². The first-order chi connectivity index (χ1) is 16.9. The molecule has 1 aliphatic rings. The summed E-state index contributed by atoms with van der Waals surface area (Å²) in [4.78, 5) is 15.1. The minimum absolute atomic E-state index is 0.0148. The summed E-state index contributed by atoms with van der Waals surface area (Å²) in [6.07, 6.45) is 1.76. The third-order valence-electron chi connectivity index (χ3n) is 6.42. The standard InChI is InChI=1S/C28H31NO5S/c1-33-25-18-23-15-16-29(28(22-13-7-4-8-14-22)24(23)19-26(25)34-2)27(30)20-35(31,32)17-9-12-21-10-5-3-6-11-21/h3-8,10-11,13-14,18-19,28H,9,12,15-17,20H2,1-2H3. The third-order valence-corrected chi connectivity index (χ3v) is 8.01. The highest BCUT2D eigenvalue weighted by Crippen LogP contribution is 2.41. The molecule has 0 bridgehead atoms. The number of rotatable bonds is 9. The van der Waals surface area contributed by atoms with Crippen molar-refractivity contribution < 1.29 is 22.7 Å². The average molecular weight is 494 g/mol. The van der Waals surface area contributed by atoms with Crippen molar-refractivity contribution in [1.82, 2.24) is 4.90 Å². The van der Waals surface area contributed by atoms with Crippen LogP contribution >= 0.6 is 0 Å². The van der Waals surface area contributed by atoms with Gasteiger partial charge in [0.05, 0.1) is 26.0 Å². The van der Waals surface area contributed by atoms with Crippen LogP contribution in [0.15, 0.2) is 72.8 Å². The predicted octanol–water partition coefficient (Wildman–Crippen LogP) is 4.23. The van der Waals surface area contributed by atoms with E-state index in [2.05, 4.69) is 0 Å². The lowest BCUT2D eigenvalue weighted by Gasteiger charge is -2.38. The zero-order chi connectivity index (χ0) is 24.8. The van der Waals surface area contributed by atoms with Gasteiger partial charge in [0, 0.05) is 6.54 Å². The fourth-order valence-electron chi connectivity index (χ4n) is 4.69. The average Bonchev–Trinajstić information content (AvgIpc) is 2.87. The van der Waals surface area contributed by atoms with Crippen LogP contribution in [0.4, 0.5) is 0 Å². The second kappa shape index (κ2) is 11.0. The maximum Gasteiger partial charge on any atom is 0.238 e. The highest BCUT2D eigenvalue weighted by molar-refractivity contribution is 7.92. The first-order valence-corrected chi connectivity index (χ1v) is 13.6. The van der Waals surface area contributed by atoms with Crippen LogP contribution in [0.5, 0.6) is 11.5 Å². The van der Waals surface area contributed by atoms with Crippen molar-refractivity contribution in [3.05, 3.63) is 95.1 Å². The van der Waals surface area contributed by atoms with Crippen molar-refractivity contribution in [2.75, 3.05) is 32.3 Å². The van der Waals surface area contributed by atoms with Gasteiger partial charge in [-0.25, -0.2) is 8.42 Å². The van der Waals surface area contributed by atoms with Gasteiger partial charge in [-0.15, -0.1) is 0 Å². The zero-order valence-electron chi connectivity index (χ0n) is 20.1. The van der Waals surface area contributed by atoms with Crippen LogP contribution < -0.4 is 9.47 Å². The molecule has 6 nitrogen and oxygen atoms in total. The summed E-state index contributed by atoms with van der Waals surface area (Å²) >= 11 is 0. The molecule has 184 valence electrons. The number of amides is 1. The zero-order valence-corrected chi connectivity index (χ0v) is 21.0. The van der Waals surface area contributed by atoms with Crippen molar-refractivity contribution in [2.45, 2.75) is 25.3 Å². The molecule has 1 atom stereocenters. The molecule has 0 saturated carbocycles.